The Labute approximate surface area is 160 Å². The van der Waals surface area contributed by atoms with Gasteiger partial charge < -0.3 is 10.2 Å². The van der Waals surface area contributed by atoms with Gasteiger partial charge in [-0.1, -0.05) is 19.4 Å². The maximum Gasteiger partial charge on any atom is 0.174 e. The van der Waals surface area contributed by atoms with Gasteiger partial charge in [0.05, 0.1) is 11.9 Å². The van der Waals surface area contributed by atoms with Crippen LogP contribution in [0.2, 0.25) is 0 Å². The van der Waals surface area contributed by atoms with E-state index in [9.17, 15) is 19.8 Å². The molecule has 2 N–H and O–H groups in total. The molecule has 0 aromatic rings. The second kappa shape index (κ2) is 5.92. The number of carbonyl (C=O) groups is 2. The van der Waals surface area contributed by atoms with Crippen molar-refractivity contribution in [2.75, 3.05) is 5.75 Å². The predicted octanol–water partition coefficient (Wildman–Crippen LogP) is 2.72. The summed E-state index contributed by atoms with van der Waals surface area (Å²) in [5.41, 5.74) is -0.885. The molecule has 3 saturated carbocycles. The lowest BCUT2D eigenvalue weighted by molar-refractivity contribution is -0.178. The van der Waals surface area contributed by atoms with Crippen LogP contribution in [0, 0.1) is 28.6 Å². The van der Waals surface area contributed by atoms with E-state index < -0.39 is 17.1 Å². The van der Waals surface area contributed by atoms with E-state index in [1.165, 1.54) is 5.57 Å². The number of Topliss-reactive ketones (excluding diaryl/α,β-unsaturated/α-hetero) is 1. The van der Waals surface area contributed by atoms with Gasteiger partial charge in [-0.15, -0.1) is 0 Å². The molecule has 3 fully saturated rings. The fourth-order valence-electron chi connectivity index (χ4n) is 7.28. The predicted molar refractivity (Wildman–Crippen MR) is 102 cm³/mol. The maximum atomic E-state index is 12.5. The summed E-state index contributed by atoms with van der Waals surface area (Å²) in [6.07, 6.45) is 6.21. The molecule has 7 unspecified atom stereocenters. The normalized spacial score (nSPS) is 50.5. The van der Waals surface area contributed by atoms with Crippen molar-refractivity contribution in [3.05, 3.63) is 11.6 Å². The lowest BCUT2D eigenvalue weighted by atomic mass is 9.45. The molecule has 0 amide bonds. The van der Waals surface area contributed by atoms with Crippen LogP contribution in [-0.2, 0) is 9.59 Å². The molecule has 0 bridgehead atoms. The first kappa shape index (κ1) is 18.7. The lowest BCUT2D eigenvalue weighted by Gasteiger charge is -2.60. The number of hydrogen-bond acceptors (Lipinski definition) is 5. The number of thiol groups is 1. The molecule has 0 radical (unpaired) electrons. The van der Waals surface area contributed by atoms with Gasteiger partial charge in [-0.25, -0.2) is 0 Å². The van der Waals surface area contributed by atoms with Gasteiger partial charge in [0.1, 0.15) is 5.60 Å². The van der Waals surface area contributed by atoms with Crippen molar-refractivity contribution < 1.29 is 19.8 Å². The molecule has 0 aliphatic heterocycles. The van der Waals surface area contributed by atoms with E-state index in [-0.39, 0.29) is 34.6 Å². The van der Waals surface area contributed by atoms with Crippen molar-refractivity contribution >= 4 is 24.2 Å². The van der Waals surface area contributed by atoms with Crippen LogP contribution in [0.1, 0.15) is 58.8 Å². The van der Waals surface area contributed by atoms with E-state index in [2.05, 4.69) is 19.6 Å². The third kappa shape index (κ3) is 2.23. The smallest absolute Gasteiger partial charge is 0.174 e. The van der Waals surface area contributed by atoms with Crippen LogP contribution in [-0.4, -0.2) is 39.2 Å². The largest absolute Gasteiger partial charge is 0.393 e. The Bertz CT molecular complexity index is 687. The fraction of sp³-hybridized carbons (Fsp3) is 0.810. The zero-order valence-electron chi connectivity index (χ0n) is 15.7. The number of fused-ring (bicyclic) bond motifs is 5. The highest BCUT2D eigenvalue weighted by Gasteiger charge is 2.68. The summed E-state index contributed by atoms with van der Waals surface area (Å²) in [6, 6.07) is 0. The highest BCUT2D eigenvalue weighted by Crippen LogP contribution is 2.67. The Morgan fingerprint density at radius 3 is 2.69 bits per heavy atom. The quantitative estimate of drug-likeness (QED) is 0.646. The topological polar surface area (TPSA) is 74.6 Å². The number of aliphatic hydroxyl groups is 2. The number of hydrogen-bond donors (Lipinski definition) is 3. The van der Waals surface area contributed by atoms with E-state index in [1.807, 2.05) is 13.0 Å². The van der Waals surface area contributed by atoms with E-state index in [1.54, 1.807) is 0 Å². The molecule has 0 aromatic heterocycles. The summed E-state index contributed by atoms with van der Waals surface area (Å²) >= 11 is 4.13. The van der Waals surface area contributed by atoms with E-state index in [0.29, 0.717) is 25.2 Å². The van der Waals surface area contributed by atoms with Crippen LogP contribution in [0.15, 0.2) is 11.6 Å². The van der Waals surface area contributed by atoms with Gasteiger partial charge in [0.25, 0.3) is 0 Å². The number of allylic oxidation sites excluding steroid dienone is 1. The zero-order valence-corrected chi connectivity index (χ0v) is 16.6. The minimum atomic E-state index is -1.37. The third-order valence-corrected chi connectivity index (χ3v) is 8.94. The molecule has 144 valence electrons. The molecular weight excluding hydrogens is 348 g/mol. The highest BCUT2D eigenvalue weighted by atomic mass is 32.1. The standard InChI is InChI=1S/C21H30O4S/c1-19-7-5-13(22)9-12(19)3-4-14-15-6-8-21(25,17(24)11-26)20(15,2)10-16(23)18(14)19/h9,14-16,18,23,25-26H,3-8,10-11H2,1-2H3. The summed E-state index contributed by atoms with van der Waals surface area (Å²) in [5, 5.41) is 22.5. The molecule has 0 heterocycles. The summed E-state index contributed by atoms with van der Waals surface area (Å²) in [7, 11) is 0. The molecule has 5 heteroatoms. The molecule has 0 aromatic carbocycles. The molecule has 26 heavy (non-hydrogen) atoms. The van der Waals surface area contributed by atoms with Crippen LogP contribution in [0.5, 0.6) is 0 Å². The molecular formula is C21H30O4S. The second-order valence-electron chi connectivity index (χ2n) is 9.56. The number of aliphatic hydroxyl groups excluding tert-OH is 1. The number of rotatable bonds is 2. The van der Waals surface area contributed by atoms with E-state index in [4.69, 9.17) is 0 Å². The first-order valence-corrected chi connectivity index (χ1v) is 10.6. The van der Waals surface area contributed by atoms with Crippen molar-refractivity contribution in [3.8, 4) is 0 Å². The van der Waals surface area contributed by atoms with Crippen molar-refractivity contribution in [1.29, 1.82) is 0 Å². The van der Waals surface area contributed by atoms with Crippen LogP contribution < -0.4 is 0 Å². The molecule has 4 aliphatic carbocycles. The third-order valence-electron chi connectivity index (χ3n) is 8.65. The van der Waals surface area contributed by atoms with Gasteiger partial charge in [-0.05, 0) is 67.8 Å². The lowest BCUT2D eigenvalue weighted by Crippen LogP contribution is -2.61. The van der Waals surface area contributed by atoms with Gasteiger partial charge >= 0.3 is 0 Å². The Kier molecular flexibility index (Phi) is 4.26. The van der Waals surface area contributed by atoms with Gasteiger partial charge in [-0.3, -0.25) is 9.59 Å². The van der Waals surface area contributed by atoms with Crippen molar-refractivity contribution in [3.63, 3.8) is 0 Å². The molecule has 0 saturated heterocycles. The van der Waals surface area contributed by atoms with Gasteiger partial charge in [0.15, 0.2) is 11.6 Å². The first-order chi connectivity index (χ1) is 12.2. The van der Waals surface area contributed by atoms with Crippen LogP contribution in [0.4, 0.5) is 0 Å². The number of carbonyl (C=O) groups excluding carboxylic acids is 2. The van der Waals surface area contributed by atoms with Crippen LogP contribution >= 0.6 is 12.6 Å². The molecule has 4 rings (SSSR count). The minimum absolute atomic E-state index is 0.0374. The van der Waals surface area contributed by atoms with Crippen molar-refractivity contribution in [1.82, 2.24) is 0 Å². The maximum absolute atomic E-state index is 12.5. The average Bonchev–Trinajstić information content (AvgIpc) is 2.86. The monoisotopic (exact) mass is 378 g/mol. The van der Waals surface area contributed by atoms with Crippen LogP contribution in [0.25, 0.3) is 0 Å². The van der Waals surface area contributed by atoms with Crippen molar-refractivity contribution in [2.24, 2.45) is 28.6 Å². The van der Waals surface area contributed by atoms with E-state index >= 15 is 0 Å². The van der Waals surface area contributed by atoms with Crippen molar-refractivity contribution in [2.45, 2.75) is 70.5 Å². The molecule has 4 aliphatic rings. The zero-order chi connectivity index (χ0) is 18.9. The second-order valence-corrected chi connectivity index (χ2v) is 9.87. The van der Waals surface area contributed by atoms with Crippen LogP contribution in [0.3, 0.4) is 0 Å². The summed E-state index contributed by atoms with van der Waals surface area (Å²) < 4.78 is 0. The molecule has 7 atom stereocenters. The Hall–Kier alpha value is -0.650. The SMILES string of the molecule is CC12CCC(=O)C=C1CCC1C2C(O)CC2(C)C1CCC2(O)C(=O)CS. The summed E-state index contributed by atoms with van der Waals surface area (Å²) in [4.78, 5) is 24.4. The minimum Gasteiger partial charge on any atom is -0.393 e. The first-order valence-electron chi connectivity index (χ1n) is 9.96. The molecule has 4 nitrogen and oxygen atoms in total. The van der Waals surface area contributed by atoms with Gasteiger partial charge in [-0.2, -0.15) is 12.6 Å². The Morgan fingerprint density at radius 2 is 2.00 bits per heavy atom. The van der Waals surface area contributed by atoms with Gasteiger partial charge in [0.2, 0.25) is 0 Å². The fourth-order valence-corrected chi connectivity index (χ4v) is 7.54. The van der Waals surface area contributed by atoms with Gasteiger partial charge in [0, 0.05) is 11.8 Å². The molecule has 0 spiro atoms. The average molecular weight is 379 g/mol. The summed E-state index contributed by atoms with van der Waals surface area (Å²) in [5.74, 6) is 0.683. The Balaban J connectivity index is 1.74. The summed E-state index contributed by atoms with van der Waals surface area (Å²) in [6.45, 7) is 4.22. The number of ketones is 2. The highest BCUT2D eigenvalue weighted by molar-refractivity contribution is 7.81. The van der Waals surface area contributed by atoms with E-state index in [0.717, 1.165) is 25.7 Å². The Morgan fingerprint density at radius 1 is 1.27 bits per heavy atom.